The van der Waals surface area contributed by atoms with Gasteiger partial charge in [-0.25, -0.2) is 4.79 Å². The molecule has 3 rings (SSSR count). The first-order chi connectivity index (χ1) is 13.4. The number of anilines is 1. The summed E-state index contributed by atoms with van der Waals surface area (Å²) < 4.78 is 15.4. The van der Waals surface area contributed by atoms with Crippen LogP contribution in [0.3, 0.4) is 0 Å². The number of carbonyl (C=O) groups excluding carboxylic acids is 1. The first kappa shape index (κ1) is 22.5. The van der Waals surface area contributed by atoms with Gasteiger partial charge in [-0.2, -0.15) is 0 Å². The smallest absolute Gasteiger partial charge is 0.337 e. The molecule has 0 unspecified atom stereocenters. The van der Waals surface area contributed by atoms with Gasteiger partial charge in [0, 0.05) is 23.2 Å². The predicted molar refractivity (Wildman–Crippen MR) is 121 cm³/mol. The van der Waals surface area contributed by atoms with Gasteiger partial charge in [-0.15, -0.1) is 0 Å². The van der Waals surface area contributed by atoms with Crippen molar-refractivity contribution in [3.63, 3.8) is 0 Å². The lowest BCUT2D eigenvalue weighted by atomic mass is 10.0. The minimum Gasteiger partial charge on any atom is -0.617 e. The third kappa shape index (κ3) is 7.00. The summed E-state index contributed by atoms with van der Waals surface area (Å²) >= 11 is 2.99. The zero-order valence-corrected chi connectivity index (χ0v) is 18.9. The summed E-state index contributed by atoms with van der Waals surface area (Å²) in [4.78, 5) is 13.9. The van der Waals surface area contributed by atoms with Crippen molar-refractivity contribution in [1.82, 2.24) is 0 Å². The number of ether oxygens (including phenoxy) is 1. The van der Waals surface area contributed by atoms with Crippen molar-refractivity contribution in [2.75, 3.05) is 37.6 Å². The van der Waals surface area contributed by atoms with Crippen LogP contribution in [0.15, 0.2) is 58.6 Å². The molecule has 1 saturated heterocycles. The Bertz CT molecular complexity index is 793. The standard InChI is InChI=1S/C20H20BrNO2.C2H6OS/c1-24-20(23)16-6-8-18(9-7-16)22-12-10-15(11-13-22)14-17-4-2-3-5-19(17)21;1-4(2)3/h2-9,14H,10-13H2,1H3;1-2H3. The summed E-state index contributed by atoms with van der Waals surface area (Å²) in [6, 6.07) is 16.0. The van der Waals surface area contributed by atoms with Crippen LogP contribution in [0.25, 0.3) is 6.08 Å². The average Bonchev–Trinajstić information content (AvgIpc) is 2.69. The highest BCUT2D eigenvalue weighted by molar-refractivity contribution is 9.10. The summed E-state index contributed by atoms with van der Waals surface area (Å²) in [6.07, 6.45) is 7.68. The van der Waals surface area contributed by atoms with Gasteiger partial charge in [0.15, 0.2) is 0 Å². The number of rotatable bonds is 3. The van der Waals surface area contributed by atoms with E-state index in [4.69, 9.17) is 4.74 Å². The van der Waals surface area contributed by atoms with Gasteiger partial charge in [-0.05, 0) is 48.7 Å². The lowest BCUT2D eigenvalue weighted by molar-refractivity contribution is 0.0600. The number of carbonyl (C=O) groups is 1. The number of esters is 1. The molecular formula is C22H26BrNO3S. The molecule has 1 fully saturated rings. The number of methoxy groups -OCH3 is 1. The minimum atomic E-state index is -0.611. The molecule has 0 spiro atoms. The minimum absolute atomic E-state index is 0.293. The fourth-order valence-corrected chi connectivity index (χ4v) is 3.33. The highest BCUT2D eigenvalue weighted by Gasteiger charge is 2.15. The van der Waals surface area contributed by atoms with Crippen molar-refractivity contribution in [2.24, 2.45) is 0 Å². The van der Waals surface area contributed by atoms with Gasteiger partial charge in [0.05, 0.1) is 25.2 Å². The van der Waals surface area contributed by atoms with Crippen molar-refractivity contribution in [1.29, 1.82) is 0 Å². The van der Waals surface area contributed by atoms with Crippen molar-refractivity contribution in [3.8, 4) is 0 Å². The molecule has 1 aliphatic rings. The van der Waals surface area contributed by atoms with Gasteiger partial charge in [0.1, 0.15) is 0 Å². The van der Waals surface area contributed by atoms with E-state index in [-0.39, 0.29) is 5.97 Å². The molecule has 6 heteroatoms. The van der Waals surface area contributed by atoms with E-state index in [1.807, 2.05) is 30.3 Å². The lowest BCUT2D eigenvalue weighted by Crippen LogP contribution is -2.30. The molecule has 2 aromatic rings. The van der Waals surface area contributed by atoms with E-state index in [0.717, 1.165) is 36.1 Å². The maximum atomic E-state index is 11.5. The Hall–Kier alpha value is -1.76. The van der Waals surface area contributed by atoms with Crippen molar-refractivity contribution >= 4 is 44.8 Å². The highest BCUT2D eigenvalue weighted by atomic mass is 79.9. The van der Waals surface area contributed by atoms with Gasteiger partial charge in [0.25, 0.3) is 0 Å². The number of halogens is 1. The van der Waals surface area contributed by atoms with E-state index in [0.29, 0.717) is 5.56 Å². The van der Waals surface area contributed by atoms with Gasteiger partial charge >= 0.3 is 5.97 Å². The van der Waals surface area contributed by atoms with E-state index < -0.39 is 11.2 Å². The largest absolute Gasteiger partial charge is 0.617 e. The molecule has 2 aromatic carbocycles. The van der Waals surface area contributed by atoms with Crippen LogP contribution < -0.4 is 4.90 Å². The molecule has 0 atom stereocenters. The van der Waals surface area contributed by atoms with Gasteiger partial charge in [0.2, 0.25) is 0 Å². The molecule has 0 amide bonds. The van der Waals surface area contributed by atoms with E-state index in [2.05, 4.69) is 45.1 Å². The first-order valence-electron chi connectivity index (χ1n) is 9.03. The molecule has 1 heterocycles. The molecule has 0 aromatic heterocycles. The van der Waals surface area contributed by atoms with Gasteiger partial charge in [-0.3, -0.25) is 0 Å². The van der Waals surface area contributed by atoms with Gasteiger partial charge in [-0.1, -0.05) is 57.0 Å². The van der Waals surface area contributed by atoms with Crippen LogP contribution in [-0.4, -0.2) is 43.2 Å². The Morgan fingerprint density at radius 1 is 1.11 bits per heavy atom. The zero-order chi connectivity index (χ0) is 20.5. The van der Waals surface area contributed by atoms with Crippen LogP contribution >= 0.6 is 15.9 Å². The molecule has 0 aliphatic carbocycles. The van der Waals surface area contributed by atoms with Crippen LogP contribution in [0.2, 0.25) is 0 Å². The topological polar surface area (TPSA) is 52.6 Å². The monoisotopic (exact) mass is 463 g/mol. The normalized spacial score (nSPS) is 13.6. The zero-order valence-electron chi connectivity index (χ0n) is 16.5. The Balaban J connectivity index is 0.000000640. The summed E-state index contributed by atoms with van der Waals surface area (Å²) in [5, 5.41) is 0. The Morgan fingerprint density at radius 3 is 2.21 bits per heavy atom. The van der Waals surface area contributed by atoms with Gasteiger partial charge < -0.3 is 14.2 Å². The molecule has 4 nitrogen and oxygen atoms in total. The van der Waals surface area contributed by atoms with E-state index >= 15 is 0 Å². The summed E-state index contributed by atoms with van der Waals surface area (Å²) in [7, 11) is 1.40. The van der Waals surface area contributed by atoms with Crippen LogP contribution in [0.4, 0.5) is 5.69 Å². The molecule has 0 bridgehead atoms. The second kappa shape index (κ2) is 11.3. The van der Waals surface area contributed by atoms with E-state index in [1.165, 1.54) is 18.2 Å². The van der Waals surface area contributed by atoms with Crippen LogP contribution in [0.1, 0.15) is 28.8 Å². The van der Waals surface area contributed by atoms with Crippen LogP contribution in [0, 0.1) is 0 Å². The molecule has 1 aliphatic heterocycles. The third-order valence-electron chi connectivity index (χ3n) is 4.32. The second-order valence-corrected chi connectivity index (χ2v) is 8.93. The molecule has 0 radical (unpaired) electrons. The molecule has 150 valence electrons. The number of hydrogen-bond donors (Lipinski definition) is 0. The molecule has 0 saturated carbocycles. The second-order valence-electron chi connectivity index (χ2n) is 6.59. The summed E-state index contributed by atoms with van der Waals surface area (Å²) in [6.45, 7) is 1.99. The first-order valence-corrected chi connectivity index (χ1v) is 11.8. The number of hydrogen-bond acceptors (Lipinski definition) is 4. The third-order valence-corrected chi connectivity index (χ3v) is 5.05. The number of benzene rings is 2. The number of nitrogens with zero attached hydrogens (tertiary/aromatic N) is 1. The lowest BCUT2D eigenvalue weighted by Gasteiger charge is -2.30. The Labute approximate surface area is 178 Å². The average molecular weight is 464 g/mol. The maximum absolute atomic E-state index is 11.5. The predicted octanol–water partition coefficient (Wildman–Crippen LogP) is 4.91. The van der Waals surface area contributed by atoms with E-state index in [1.54, 1.807) is 12.5 Å². The quantitative estimate of drug-likeness (QED) is 0.478. The maximum Gasteiger partial charge on any atom is 0.337 e. The summed E-state index contributed by atoms with van der Waals surface area (Å²) in [5.74, 6) is -0.293. The Kier molecular flexibility index (Phi) is 9.09. The highest BCUT2D eigenvalue weighted by Crippen LogP contribution is 2.26. The van der Waals surface area contributed by atoms with Crippen LogP contribution in [0.5, 0.6) is 0 Å². The molecular weight excluding hydrogens is 438 g/mol. The Morgan fingerprint density at radius 2 is 1.68 bits per heavy atom. The van der Waals surface area contributed by atoms with Crippen molar-refractivity contribution in [2.45, 2.75) is 12.8 Å². The van der Waals surface area contributed by atoms with Crippen molar-refractivity contribution < 1.29 is 14.1 Å². The number of piperidine rings is 1. The fraction of sp³-hybridized carbons (Fsp3) is 0.318. The van der Waals surface area contributed by atoms with Crippen molar-refractivity contribution in [3.05, 3.63) is 69.7 Å². The molecule has 0 N–H and O–H groups in total. The molecule has 28 heavy (non-hydrogen) atoms. The summed E-state index contributed by atoms with van der Waals surface area (Å²) in [5.41, 5.74) is 4.46. The fourth-order valence-electron chi connectivity index (χ4n) is 2.93. The van der Waals surface area contributed by atoms with Crippen LogP contribution in [-0.2, 0) is 15.9 Å². The van der Waals surface area contributed by atoms with E-state index in [9.17, 15) is 9.35 Å². The SMILES string of the molecule is COC(=O)c1ccc(N2CCC(=Cc3ccccc3Br)CC2)cc1.C[S+](C)[O-].